The molecule has 3 aromatic rings. The molecule has 0 aliphatic carbocycles. The van der Waals surface area contributed by atoms with Crippen molar-refractivity contribution in [2.45, 2.75) is 44.9 Å². The van der Waals surface area contributed by atoms with Crippen LogP contribution >= 0.6 is 0 Å². The number of anilines is 1. The molecule has 1 atom stereocenters. The van der Waals surface area contributed by atoms with Gasteiger partial charge in [-0.05, 0) is 74.7 Å². The second-order valence-corrected chi connectivity index (χ2v) is 9.67. The van der Waals surface area contributed by atoms with E-state index in [0.717, 1.165) is 56.0 Å². The van der Waals surface area contributed by atoms with Gasteiger partial charge in [0, 0.05) is 25.0 Å². The number of morpholine rings is 1. The standard InChI is InChI=1S/C29H33N3O3/c1-23-9-11-26(12-10-23)32-22-29(35-21-28(32)33)13-5-16-31(17-14-29)19-24-6-4-8-27(18-24)34-20-25-7-2-3-15-30-25/h2-4,6-12,15,18H,5,13-14,16-17,19-22H2,1H3/t29-/m1/s1. The Kier molecular flexibility index (Phi) is 7.11. The van der Waals surface area contributed by atoms with Crippen LogP contribution in [0.4, 0.5) is 5.69 Å². The molecule has 0 saturated carbocycles. The minimum Gasteiger partial charge on any atom is -0.487 e. The molecule has 182 valence electrons. The van der Waals surface area contributed by atoms with E-state index in [9.17, 15) is 4.79 Å². The molecule has 1 amide bonds. The van der Waals surface area contributed by atoms with Gasteiger partial charge in [0.2, 0.25) is 0 Å². The van der Waals surface area contributed by atoms with Crippen LogP contribution in [0.15, 0.2) is 72.9 Å². The maximum Gasteiger partial charge on any atom is 0.253 e. The fourth-order valence-corrected chi connectivity index (χ4v) is 4.99. The number of hydrogen-bond donors (Lipinski definition) is 0. The Hall–Kier alpha value is -3.22. The molecule has 0 bridgehead atoms. The first-order chi connectivity index (χ1) is 17.1. The molecule has 2 aliphatic heterocycles. The average Bonchev–Trinajstić information content (AvgIpc) is 3.08. The topological polar surface area (TPSA) is 54.9 Å². The van der Waals surface area contributed by atoms with Gasteiger partial charge in [-0.3, -0.25) is 14.7 Å². The van der Waals surface area contributed by atoms with Crippen LogP contribution in [0, 0.1) is 6.92 Å². The Bertz CT molecular complexity index is 1140. The summed E-state index contributed by atoms with van der Waals surface area (Å²) in [4.78, 5) is 21.4. The van der Waals surface area contributed by atoms with E-state index in [1.165, 1.54) is 11.1 Å². The van der Waals surface area contributed by atoms with E-state index >= 15 is 0 Å². The normalized spacial score (nSPS) is 21.2. The third-order valence-electron chi connectivity index (χ3n) is 7.00. The summed E-state index contributed by atoms with van der Waals surface area (Å²) in [7, 11) is 0. The zero-order valence-corrected chi connectivity index (χ0v) is 20.4. The minimum absolute atomic E-state index is 0.0445. The zero-order valence-electron chi connectivity index (χ0n) is 20.4. The summed E-state index contributed by atoms with van der Waals surface area (Å²) in [6, 6.07) is 22.4. The third kappa shape index (κ3) is 5.89. The predicted molar refractivity (Wildman–Crippen MR) is 136 cm³/mol. The summed E-state index contributed by atoms with van der Waals surface area (Å²) in [6.45, 7) is 6.14. The molecule has 6 nitrogen and oxygen atoms in total. The fraction of sp³-hybridized carbons (Fsp3) is 0.379. The summed E-state index contributed by atoms with van der Waals surface area (Å²) < 4.78 is 12.2. The number of benzene rings is 2. The third-order valence-corrected chi connectivity index (χ3v) is 7.00. The molecule has 1 spiro atoms. The van der Waals surface area contributed by atoms with E-state index in [1.54, 1.807) is 6.20 Å². The van der Waals surface area contributed by atoms with Crippen LogP contribution in [-0.2, 0) is 22.7 Å². The number of ether oxygens (including phenoxy) is 2. The molecule has 0 radical (unpaired) electrons. The molecular weight excluding hydrogens is 438 g/mol. The lowest BCUT2D eigenvalue weighted by atomic mass is 9.92. The number of amides is 1. The van der Waals surface area contributed by atoms with E-state index in [4.69, 9.17) is 9.47 Å². The van der Waals surface area contributed by atoms with Gasteiger partial charge < -0.3 is 14.4 Å². The molecule has 1 aromatic heterocycles. The average molecular weight is 472 g/mol. The van der Waals surface area contributed by atoms with Crippen molar-refractivity contribution < 1.29 is 14.3 Å². The van der Waals surface area contributed by atoms with Gasteiger partial charge in [-0.25, -0.2) is 0 Å². The van der Waals surface area contributed by atoms with Crippen LogP contribution in [0.1, 0.15) is 36.1 Å². The number of rotatable bonds is 6. The first-order valence-corrected chi connectivity index (χ1v) is 12.4. The van der Waals surface area contributed by atoms with Crippen LogP contribution in [0.2, 0.25) is 0 Å². The lowest BCUT2D eigenvalue weighted by molar-refractivity contribution is -0.140. The van der Waals surface area contributed by atoms with Crippen molar-refractivity contribution in [3.8, 4) is 5.75 Å². The predicted octanol–water partition coefficient (Wildman–Crippen LogP) is 4.76. The van der Waals surface area contributed by atoms with Crippen LogP contribution in [0.3, 0.4) is 0 Å². The van der Waals surface area contributed by atoms with Crippen LogP contribution in [0.5, 0.6) is 5.75 Å². The minimum atomic E-state index is -0.277. The van der Waals surface area contributed by atoms with Crippen LogP contribution < -0.4 is 9.64 Å². The first kappa shape index (κ1) is 23.5. The molecule has 2 fully saturated rings. The molecule has 2 aromatic carbocycles. The number of hydrogen-bond acceptors (Lipinski definition) is 5. The maximum absolute atomic E-state index is 12.6. The van der Waals surface area contributed by atoms with Gasteiger partial charge in [0.05, 0.1) is 17.8 Å². The number of nitrogens with zero attached hydrogens (tertiary/aromatic N) is 3. The lowest BCUT2D eigenvalue weighted by Gasteiger charge is -2.42. The van der Waals surface area contributed by atoms with Gasteiger partial charge in [0.15, 0.2) is 0 Å². The zero-order chi connectivity index (χ0) is 24.1. The van der Waals surface area contributed by atoms with E-state index in [2.05, 4.69) is 47.1 Å². The fourth-order valence-electron chi connectivity index (χ4n) is 4.99. The van der Waals surface area contributed by atoms with Crippen LogP contribution in [-0.4, -0.2) is 47.6 Å². The Morgan fingerprint density at radius 3 is 2.74 bits per heavy atom. The highest BCUT2D eigenvalue weighted by atomic mass is 16.5. The lowest BCUT2D eigenvalue weighted by Crippen LogP contribution is -2.55. The summed E-state index contributed by atoms with van der Waals surface area (Å²) in [5, 5.41) is 0. The molecule has 0 unspecified atom stereocenters. The highest BCUT2D eigenvalue weighted by Gasteiger charge is 2.41. The summed E-state index contributed by atoms with van der Waals surface area (Å²) in [6.07, 6.45) is 4.71. The second-order valence-electron chi connectivity index (χ2n) is 9.67. The van der Waals surface area contributed by atoms with E-state index in [0.29, 0.717) is 13.2 Å². The highest BCUT2D eigenvalue weighted by Crippen LogP contribution is 2.33. The van der Waals surface area contributed by atoms with E-state index in [1.807, 2.05) is 41.3 Å². The van der Waals surface area contributed by atoms with Gasteiger partial charge in [0.25, 0.3) is 5.91 Å². The molecule has 35 heavy (non-hydrogen) atoms. The van der Waals surface area contributed by atoms with Gasteiger partial charge in [-0.2, -0.15) is 0 Å². The monoisotopic (exact) mass is 471 g/mol. The SMILES string of the molecule is Cc1ccc(N2C[C@]3(CCCN(Cc4cccc(OCc5ccccn5)c4)CC3)OCC2=O)cc1. The summed E-state index contributed by atoms with van der Waals surface area (Å²) in [5.74, 6) is 0.908. The summed E-state index contributed by atoms with van der Waals surface area (Å²) >= 11 is 0. The van der Waals surface area contributed by atoms with Gasteiger partial charge in [-0.1, -0.05) is 35.9 Å². The molecule has 3 heterocycles. The largest absolute Gasteiger partial charge is 0.487 e. The van der Waals surface area contributed by atoms with Crippen molar-refractivity contribution in [3.63, 3.8) is 0 Å². The number of aromatic nitrogens is 1. The van der Waals surface area contributed by atoms with Crippen molar-refractivity contribution in [1.29, 1.82) is 0 Å². The number of likely N-dealkylation sites (tertiary alicyclic amines) is 1. The molecule has 2 saturated heterocycles. The number of carbonyl (C=O) groups excluding carboxylic acids is 1. The Labute approximate surface area is 207 Å². The van der Waals surface area contributed by atoms with Crippen molar-refractivity contribution in [2.24, 2.45) is 0 Å². The van der Waals surface area contributed by atoms with Gasteiger partial charge in [0.1, 0.15) is 19.0 Å². The van der Waals surface area contributed by atoms with Crippen molar-refractivity contribution in [2.75, 3.05) is 31.1 Å². The summed E-state index contributed by atoms with van der Waals surface area (Å²) in [5.41, 5.74) is 4.04. The maximum atomic E-state index is 12.6. The molecule has 5 rings (SSSR count). The second kappa shape index (κ2) is 10.6. The van der Waals surface area contributed by atoms with Crippen molar-refractivity contribution >= 4 is 11.6 Å². The van der Waals surface area contributed by atoms with E-state index in [-0.39, 0.29) is 18.1 Å². The number of pyridine rings is 1. The molecular formula is C29H33N3O3. The number of carbonyl (C=O) groups is 1. The van der Waals surface area contributed by atoms with Crippen molar-refractivity contribution in [1.82, 2.24) is 9.88 Å². The van der Waals surface area contributed by atoms with Crippen molar-refractivity contribution in [3.05, 3.63) is 89.7 Å². The Morgan fingerprint density at radius 1 is 1.03 bits per heavy atom. The Morgan fingerprint density at radius 2 is 1.91 bits per heavy atom. The van der Waals surface area contributed by atoms with Gasteiger partial charge in [-0.15, -0.1) is 0 Å². The van der Waals surface area contributed by atoms with Crippen LogP contribution in [0.25, 0.3) is 0 Å². The highest BCUT2D eigenvalue weighted by molar-refractivity contribution is 5.95. The smallest absolute Gasteiger partial charge is 0.253 e. The van der Waals surface area contributed by atoms with E-state index < -0.39 is 0 Å². The van der Waals surface area contributed by atoms with Gasteiger partial charge >= 0.3 is 0 Å². The molecule has 2 aliphatic rings. The quantitative estimate of drug-likeness (QED) is 0.519. The first-order valence-electron chi connectivity index (χ1n) is 12.4. The molecule has 0 N–H and O–H groups in total. The Balaban J connectivity index is 1.20. The molecule has 6 heteroatoms. The number of aryl methyl sites for hydroxylation is 1.